The Morgan fingerprint density at radius 3 is 2.33 bits per heavy atom. The van der Waals surface area contributed by atoms with Crippen LogP contribution in [0, 0.1) is 17.5 Å². The summed E-state index contributed by atoms with van der Waals surface area (Å²) in [4.78, 5) is 4.05. The molecule has 1 aromatic rings. The third-order valence-corrected chi connectivity index (χ3v) is 2.16. The minimum Gasteiger partial charge on any atom is -0.366 e. The van der Waals surface area contributed by atoms with Crippen molar-refractivity contribution in [3.8, 4) is 0 Å². The van der Waals surface area contributed by atoms with Gasteiger partial charge in [0.05, 0.1) is 6.54 Å². The second-order valence-corrected chi connectivity index (χ2v) is 3.49. The monoisotopic (exact) mass is 214 g/mol. The predicted molar refractivity (Wildman–Crippen MR) is 50.3 cm³/mol. The second kappa shape index (κ2) is 3.56. The number of benzene rings is 1. The van der Waals surface area contributed by atoms with Gasteiger partial charge in [0, 0.05) is 11.6 Å². The van der Waals surface area contributed by atoms with E-state index in [-0.39, 0.29) is 11.6 Å². The van der Waals surface area contributed by atoms with E-state index in [1.165, 1.54) is 0 Å². The molecule has 1 unspecified atom stereocenters. The van der Waals surface area contributed by atoms with Crippen molar-refractivity contribution in [2.75, 3.05) is 6.54 Å². The SMILES string of the molecule is CC1CN=C(c2cc(F)c(F)c(F)c2)N1. The smallest absolute Gasteiger partial charge is 0.194 e. The lowest BCUT2D eigenvalue weighted by Crippen LogP contribution is -2.27. The topological polar surface area (TPSA) is 24.4 Å². The Morgan fingerprint density at radius 2 is 1.87 bits per heavy atom. The maximum absolute atomic E-state index is 12.9. The van der Waals surface area contributed by atoms with Crippen LogP contribution in [0.4, 0.5) is 13.2 Å². The number of amidine groups is 1. The fraction of sp³-hybridized carbons (Fsp3) is 0.300. The molecule has 2 rings (SSSR count). The standard InChI is InChI=1S/C10H9F3N2/c1-5-4-14-10(15-5)6-2-7(11)9(13)8(12)3-6/h2-3,5H,4H2,1H3,(H,14,15). The van der Waals surface area contributed by atoms with Crippen LogP contribution in [0.15, 0.2) is 17.1 Å². The summed E-state index contributed by atoms with van der Waals surface area (Å²) in [5.74, 6) is -3.45. The van der Waals surface area contributed by atoms with Crippen molar-refractivity contribution >= 4 is 5.84 Å². The molecule has 1 N–H and O–H groups in total. The Hall–Kier alpha value is -1.52. The van der Waals surface area contributed by atoms with Crippen LogP contribution in [0.3, 0.4) is 0 Å². The first-order valence-electron chi connectivity index (χ1n) is 4.54. The Labute approximate surface area is 84.8 Å². The van der Waals surface area contributed by atoms with Gasteiger partial charge in [0.2, 0.25) is 0 Å². The molecule has 0 aliphatic carbocycles. The zero-order chi connectivity index (χ0) is 11.0. The molecule has 0 saturated heterocycles. The first-order valence-corrected chi connectivity index (χ1v) is 4.54. The molecule has 80 valence electrons. The molecule has 15 heavy (non-hydrogen) atoms. The third kappa shape index (κ3) is 1.82. The van der Waals surface area contributed by atoms with Crippen LogP contribution in [0.5, 0.6) is 0 Å². The van der Waals surface area contributed by atoms with E-state index in [9.17, 15) is 13.2 Å². The van der Waals surface area contributed by atoms with Gasteiger partial charge in [0.25, 0.3) is 0 Å². The number of hydrogen-bond acceptors (Lipinski definition) is 2. The number of nitrogens with zero attached hydrogens (tertiary/aromatic N) is 1. The number of rotatable bonds is 1. The zero-order valence-corrected chi connectivity index (χ0v) is 8.02. The quantitative estimate of drug-likeness (QED) is 0.709. The van der Waals surface area contributed by atoms with Gasteiger partial charge >= 0.3 is 0 Å². The van der Waals surface area contributed by atoms with Crippen LogP contribution in [0.25, 0.3) is 0 Å². The summed E-state index contributed by atoms with van der Waals surface area (Å²) in [5.41, 5.74) is 0.232. The second-order valence-electron chi connectivity index (χ2n) is 3.49. The lowest BCUT2D eigenvalue weighted by atomic mass is 10.2. The lowest BCUT2D eigenvalue weighted by Gasteiger charge is -2.06. The molecule has 0 saturated carbocycles. The van der Waals surface area contributed by atoms with Crippen molar-refractivity contribution in [1.82, 2.24) is 5.32 Å². The van der Waals surface area contributed by atoms with Crippen molar-refractivity contribution in [3.05, 3.63) is 35.1 Å². The summed E-state index contributed by atoms with van der Waals surface area (Å²) in [7, 11) is 0. The molecule has 1 aromatic carbocycles. The molecular weight excluding hydrogens is 205 g/mol. The molecular formula is C10H9F3N2. The highest BCUT2D eigenvalue weighted by Gasteiger charge is 2.18. The summed E-state index contributed by atoms with van der Waals surface area (Å²) < 4.78 is 38.4. The molecule has 0 aromatic heterocycles. The molecule has 5 heteroatoms. The van der Waals surface area contributed by atoms with Crippen LogP contribution < -0.4 is 5.32 Å². The van der Waals surface area contributed by atoms with E-state index in [2.05, 4.69) is 10.3 Å². The zero-order valence-electron chi connectivity index (χ0n) is 8.02. The molecule has 1 heterocycles. The molecule has 1 aliphatic rings. The van der Waals surface area contributed by atoms with Gasteiger partial charge in [0.1, 0.15) is 5.84 Å². The Bertz CT molecular complexity index is 406. The highest BCUT2D eigenvalue weighted by atomic mass is 19.2. The molecule has 0 amide bonds. The van der Waals surface area contributed by atoms with Gasteiger partial charge in [-0.2, -0.15) is 0 Å². The van der Waals surface area contributed by atoms with Crippen LogP contribution >= 0.6 is 0 Å². The number of aliphatic imine (C=N–C) groups is 1. The highest BCUT2D eigenvalue weighted by Crippen LogP contribution is 2.15. The van der Waals surface area contributed by atoms with Crippen molar-refractivity contribution in [2.45, 2.75) is 13.0 Å². The van der Waals surface area contributed by atoms with Crippen LogP contribution in [0.1, 0.15) is 12.5 Å². The summed E-state index contributed by atoms with van der Waals surface area (Å²) in [6, 6.07) is 2.00. The van der Waals surface area contributed by atoms with Crippen molar-refractivity contribution in [1.29, 1.82) is 0 Å². The van der Waals surface area contributed by atoms with Crippen molar-refractivity contribution in [2.24, 2.45) is 4.99 Å². The highest BCUT2D eigenvalue weighted by molar-refractivity contribution is 6.00. The van der Waals surface area contributed by atoms with Gasteiger partial charge in [-0.15, -0.1) is 0 Å². The molecule has 0 spiro atoms. The van der Waals surface area contributed by atoms with Crippen molar-refractivity contribution in [3.63, 3.8) is 0 Å². The molecule has 0 radical (unpaired) electrons. The Kier molecular flexibility index (Phi) is 2.38. The van der Waals surface area contributed by atoms with Gasteiger partial charge in [-0.05, 0) is 19.1 Å². The maximum Gasteiger partial charge on any atom is 0.194 e. The normalized spacial score (nSPS) is 20.0. The Balaban J connectivity index is 2.38. The van der Waals surface area contributed by atoms with Crippen molar-refractivity contribution < 1.29 is 13.2 Å². The van der Waals surface area contributed by atoms with E-state index < -0.39 is 17.5 Å². The average Bonchev–Trinajstić information content (AvgIpc) is 2.60. The average molecular weight is 214 g/mol. The van der Waals surface area contributed by atoms with Gasteiger partial charge in [-0.25, -0.2) is 13.2 Å². The summed E-state index contributed by atoms with van der Waals surface area (Å²) in [6.07, 6.45) is 0. The summed E-state index contributed by atoms with van der Waals surface area (Å²) in [6.45, 7) is 2.45. The van der Waals surface area contributed by atoms with E-state index in [0.29, 0.717) is 12.4 Å². The van der Waals surface area contributed by atoms with Crippen LogP contribution in [-0.2, 0) is 0 Å². The molecule has 1 atom stereocenters. The fourth-order valence-electron chi connectivity index (χ4n) is 1.42. The Morgan fingerprint density at radius 1 is 1.27 bits per heavy atom. The van der Waals surface area contributed by atoms with E-state index in [1.54, 1.807) is 0 Å². The van der Waals surface area contributed by atoms with Gasteiger partial charge in [-0.3, -0.25) is 4.99 Å². The molecule has 0 fully saturated rings. The lowest BCUT2D eigenvalue weighted by molar-refractivity contribution is 0.447. The maximum atomic E-state index is 12.9. The number of hydrogen-bond donors (Lipinski definition) is 1. The summed E-state index contributed by atoms with van der Waals surface area (Å²) in [5, 5.41) is 2.94. The summed E-state index contributed by atoms with van der Waals surface area (Å²) >= 11 is 0. The van der Waals surface area contributed by atoms with E-state index in [0.717, 1.165) is 12.1 Å². The van der Waals surface area contributed by atoms with Gasteiger partial charge in [-0.1, -0.05) is 0 Å². The molecule has 0 bridgehead atoms. The fourth-order valence-corrected chi connectivity index (χ4v) is 1.42. The van der Waals surface area contributed by atoms with Gasteiger partial charge < -0.3 is 5.32 Å². The number of nitrogens with one attached hydrogen (secondary N) is 1. The van der Waals surface area contributed by atoms with Gasteiger partial charge in [0.15, 0.2) is 17.5 Å². The number of halogens is 3. The van der Waals surface area contributed by atoms with E-state index in [1.807, 2.05) is 6.92 Å². The minimum atomic E-state index is -1.45. The largest absolute Gasteiger partial charge is 0.366 e. The predicted octanol–water partition coefficient (Wildman–Crippen LogP) is 1.84. The first-order chi connectivity index (χ1) is 7.08. The van der Waals surface area contributed by atoms with E-state index >= 15 is 0 Å². The van der Waals surface area contributed by atoms with Crippen LogP contribution in [-0.4, -0.2) is 18.4 Å². The third-order valence-electron chi connectivity index (χ3n) is 2.16. The van der Waals surface area contributed by atoms with E-state index in [4.69, 9.17) is 0 Å². The first kappa shape index (κ1) is 10.0. The molecule has 2 nitrogen and oxygen atoms in total. The van der Waals surface area contributed by atoms with Crippen LogP contribution in [0.2, 0.25) is 0 Å². The molecule has 1 aliphatic heterocycles. The minimum absolute atomic E-state index is 0.135.